The molecule has 1 aromatic rings. The lowest BCUT2D eigenvalue weighted by Gasteiger charge is -2.43. The van der Waals surface area contributed by atoms with Crippen LogP contribution in [0.2, 0.25) is 0 Å². The zero-order chi connectivity index (χ0) is 15.8. The number of carbonyl (C=O) groups excluding carboxylic acids is 1. The quantitative estimate of drug-likeness (QED) is 0.300. The number of nitrogens with zero attached hydrogens (tertiary/aromatic N) is 1. The summed E-state index contributed by atoms with van der Waals surface area (Å²) in [4.78, 5) is 11.9. The molecule has 2 heterocycles. The fourth-order valence-corrected chi connectivity index (χ4v) is 2.07. The monoisotopic (exact) mass is 303 g/mol. The van der Waals surface area contributed by atoms with Crippen LogP contribution in [0.15, 0.2) is 18.3 Å². The fraction of sp³-hybridized carbons (Fsp3) is 0.583. The van der Waals surface area contributed by atoms with Crippen molar-refractivity contribution in [3.05, 3.63) is 24.0 Å². The maximum Gasteiger partial charge on any atom is 0.359 e. The smallest absolute Gasteiger partial charge is 0.359 e. The van der Waals surface area contributed by atoms with E-state index in [1.807, 2.05) is 0 Å². The number of aromatic nitrogens is 1. The minimum absolute atomic E-state index is 0.0698. The molecular formula is C12H17NO8. The third kappa shape index (κ3) is 2.79. The van der Waals surface area contributed by atoms with Crippen LogP contribution in [0, 0.1) is 0 Å². The zero-order valence-electron chi connectivity index (χ0n) is 11.2. The molecule has 1 aliphatic rings. The van der Waals surface area contributed by atoms with E-state index >= 15 is 0 Å². The summed E-state index contributed by atoms with van der Waals surface area (Å²) in [5, 5.41) is 48.0. The molecule has 0 saturated carbocycles. The first-order valence-corrected chi connectivity index (χ1v) is 6.20. The molecular weight excluding hydrogens is 286 g/mol. The van der Waals surface area contributed by atoms with Gasteiger partial charge < -0.3 is 39.6 Å². The Labute approximate surface area is 119 Å². The zero-order valence-corrected chi connectivity index (χ0v) is 11.2. The third-order valence-corrected chi connectivity index (χ3v) is 3.32. The molecule has 0 aliphatic carbocycles. The number of aryl methyl sites for hydroxylation is 1. The molecule has 9 nitrogen and oxygen atoms in total. The van der Waals surface area contributed by atoms with Crippen molar-refractivity contribution >= 4 is 5.97 Å². The third-order valence-electron chi connectivity index (χ3n) is 3.32. The van der Waals surface area contributed by atoms with E-state index in [2.05, 4.69) is 0 Å². The van der Waals surface area contributed by atoms with Gasteiger partial charge >= 0.3 is 11.9 Å². The normalized spacial score (nSPS) is 36.5. The van der Waals surface area contributed by atoms with Gasteiger partial charge in [0.1, 0.15) is 24.0 Å². The minimum atomic E-state index is -2.88. The molecule has 21 heavy (non-hydrogen) atoms. The molecule has 1 saturated heterocycles. The van der Waals surface area contributed by atoms with Crippen molar-refractivity contribution in [3.63, 3.8) is 0 Å². The Morgan fingerprint density at radius 3 is 2.62 bits per heavy atom. The molecule has 5 atom stereocenters. The summed E-state index contributed by atoms with van der Waals surface area (Å²) in [7, 11) is 1.56. The number of hydrogen-bond acceptors (Lipinski definition) is 8. The molecule has 118 valence electrons. The largest absolute Gasteiger partial charge is 0.401 e. The van der Waals surface area contributed by atoms with Gasteiger partial charge in [0.25, 0.3) is 0 Å². The Bertz CT molecular complexity index is 515. The molecule has 0 unspecified atom stereocenters. The lowest BCUT2D eigenvalue weighted by Crippen LogP contribution is -2.66. The molecule has 0 bridgehead atoms. The summed E-state index contributed by atoms with van der Waals surface area (Å²) in [5.74, 6) is -3.89. The van der Waals surface area contributed by atoms with Crippen LogP contribution in [-0.2, 0) is 16.5 Å². The summed E-state index contributed by atoms with van der Waals surface area (Å²) in [5.41, 5.74) is 0.0698. The van der Waals surface area contributed by atoms with Gasteiger partial charge in [0, 0.05) is 13.2 Å². The van der Waals surface area contributed by atoms with Crippen LogP contribution in [0.5, 0.6) is 0 Å². The predicted octanol–water partition coefficient (Wildman–Crippen LogP) is -2.70. The highest BCUT2D eigenvalue weighted by Gasteiger charge is 2.56. The first-order valence-electron chi connectivity index (χ1n) is 6.20. The van der Waals surface area contributed by atoms with E-state index < -0.39 is 43.0 Å². The Morgan fingerprint density at radius 2 is 2.10 bits per heavy atom. The number of hydrogen-bond donors (Lipinski definition) is 5. The van der Waals surface area contributed by atoms with Crippen LogP contribution in [0.4, 0.5) is 0 Å². The van der Waals surface area contributed by atoms with E-state index in [0.717, 1.165) is 0 Å². The molecule has 0 amide bonds. The molecule has 5 N–H and O–H groups in total. The summed E-state index contributed by atoms with van der Waals surface area (Å²) in [6.07, 6.45) is -5.45. The maximum absolute atomic E-state index is 11.9. The van der Waals surface area contributed by atoms with Gasteiger partial charge in [-0.25, -0.2) is 4.79 Å². The van der Waals surface area contributed by atoms with Gasteiger partial charge in [-0.2, -0.15) is 0 Å². The van der Waals surface area contributed by atoms with Gasteiger partial charge in [0.05, 0.1) is 6.61 Å². The summed E-state index contributed by atoms with van der Waals surface area (Å²) in [6, 6.07) is 2.98. The van der Waals surface area contributed by atoms with Gasteiger partial charge in [0.2, 0.25) is 0 Å². The number of ether oxygens (including phenoxy) is 2. The average molecular weight is 303 g/mol. The summed E-state index contributed by atoms with van der Waals surface area (Å²) < 4.78 is 10.9. The van der Waals surface area contributed by atoms with Gasteiger partial charge in [-0.1, -0.05) is 0 Å². The van der Waals surface area contributed by atoms with Crippen molar-refractivity contribution in [1.82, 2.24) is 4.57 Å². The topological polar surface area (TPSA) is 142 Å². The first kappa shape index (κ1) is 15.9. The van der Waals surface area contributed by atoms with Crippen molar-refractivity contribution in [2.24, 2.45) is 7.05 Å². The highest BCUT2D eigenvalue weighted by atomic mass is 16.8. The second-order valence-electron chi connectivity index (χ2n) is 4.79. The van der Waals surface area contributed by atoms with Crippen molar-refractivity contribution in [3.8, 4) is 0 Å². The second-order valence-corrected chi connectivity index (χ2v) is 4.79. The van der Waals surface area contributed by atoms with E-state index in [1.165, 1.54) is 10.6 Å². The maximum atomic E-state index is 11.9. The summed E-state index contributed by atoms with van der Waals surface area (Å²) in [6.45, 7) is -0.755. The van der Waals surface area contributed by atoms with E-state index in [9.17, 15) is 25.2 Å². The van der Waals surface area contributed by atoms with Crippen LogP contribution >= 0.6 is 0 Å². The fourth-order valence-electron chi connectivity index (χ4n) is 2.07. The molecule has 0 radical (unpaired) electrons. The van der Waals surface area contributed by atoms with E-state index in [4.69, 9.17) is 14.6 Å². The highest BCUT2D eigenvalue weighted by Crippen LogP contribution is 2.30. The van der Waals surface area contributed by atoms with Crippen molar-refractivity contribution in [2.75, 3.05) is 6.61 Å². The number of aliphatic hydroxyl groups is 5. The molecule has 1 fully saturated rings. The van der Waals surface area contributed by atoms with E-state index in [0.29, 0.717) is 0 Å². The van der Waals surface area contributed by atoms with Gasteiger partial charge in [0.15, 0.2) is 6.10 Å². The number of rotatable bonds is 3. The molecule has 2 rings (SSSR count). The van der Waals surface area contributed by atoms with Crippen molar-refractivity contribution in [1.29, 1.82) is 0 Å². The molecule has 1 aromatic heterocycles. The van der Waals surface area contributed by atoms with Crippen LogP contribution in [0.1, 0.15) is 10.5 Å². The Kier molecular flexibility index (Phi) is 4.33. The van der Waals surface area contributed by atoms with Crippen LogP contribution in [-0.4, -0.2) is 73.1 Å². The first-order chi connectivity index (χ1) is 9.80. The Morgan fingerprint density at radius 1 is 1.43 bits per heavy atom. The van der Waals surface area contributed by atoms with Crippen molar-refractivity contribution in [2.45, 2.75) is 30.4 Å². The molecule has 9 heteroatoms. The second kappa shape index (κ2) is 5.72. The van der Waals surface area contributed by atoms with Gasteiger partial charge in [-0.3, -0.25) is 0 Å². The number of esters is 1. The molecule has 1 aliphatic heterocycles. The molecule has 0 aromatic carbocycles. The number of aliphatic hydroxyl groups excluding tert-OH is 4. The van der Waals surface area contributed by atoms with Crippen LogP contribution in [0.25, 0.3) is 0 Å². The lowest BCUT2D eigenvalue weighted by molar-refractivity contribution is -0.430. The van der Waals surface area contributed by atoms with Crippen molar-refractivity contribution < 1.29 is 39.8 Å². The summed E-state index contributed by atoms with van der Waals surface area (Å²) >= 11 is 0. The van der Waals surface area contributed by atoms with E-state index in [1.54, 1.807) is 19.3 Å². The van der Waals surface area contributed by atoms with Crippen LogP contribution < -0.4 is 0 Å². The Balaban J connectivity index is 2.20. The Hall–Kier alpha value is -1.49. The number of carbonyl (C=O) groups is 1. The van der Waals surface area contributed by atoms with Gasteiger partial charge in [-0.05, 0) is 12.1 Å². The average Bonchev–Trinajstić information content (AvgIpc) is 2.87. The lowest BCUT2D eigenvalue weighted by atomic mass is 9.98. The predicted molar refractivity (Wildman–Crippen MR) is 65.8 cm³/mol. The molecule has 0 spiro atoms. The minimum Gasteiger partial charge on any atom is -0.401 e. The van der Waals surface area contributed by atoms with Crippen LogP contribution in [0.3, 0.4) is 0 Å². The standard InChI is InChI=1S/C12H17NO8/c1-13-4-2-3-6(13)11(18)21-12(19)10(17)9(16)8(15)7(5-14)20-12/h2-4,7-10,14-17,19H,5H2,1H3/t7-,8-,9+,10-,12+/m1/s1. The van der Waals surface area contributed by atoms with Gasteiger partial charge in [-0.15, -0.1) is 0 Å². The van der Waals surface area contributed by atoms with E-state index in [-0.39, 0.29) is 5.69 Å². The highest BCUT2D eigenvalue weighted by molar-refractivity contribution is 5.87. The SMILES string of the molecule is Cn1cccc1C(=O)O[C@@]1(O)O[C@H](CO)[C@@H](O)[C@H](O)[C@H]1O.